The maximum atomic E-state index is 12.3. The Balaban J connectivity index is 0.00000289. The van der Waals surface area contributed by atoms with Crippen molar-refractivity contribution in [2.45, 2.75) is 19.5 Å². The number of hydrogen-bond acceptors (Lipinski definition) is 2. The summed E-state index contributed by atoms with van der Waals surface area (Å²) in [5.41, 5.74) is 0.533. The van der Waals surface area contributed by atoms with Crippen LogP contribution in [-0.2, 0) is 16.0 Å². The van der Waals surface area contributed by atoms with Gasteiger partial charge in [0.2, 0.25) is 5.78 Å². The smallest absolute Gasteiger partial charge is 0.299 e. The normalized spacial score (nSPS) is 12.4. The molecule has 95 valence electrons. The topological polar surface area (TPSA) is 34.1 Å². The summed E-state index contributed by atoms with van der Waals surface area (Å²) in [5, 5.41) is 0. The first-order valence-electron chi connectivity index (χ1n) is 4.98. The van der Waals surface area contributed by atoms with Crippen LogP contribution in [-0.4, -0.2) is 17.7 Å². The molecule has 0 saturated heterocycles. The molecule has 0 aliphatic carbocycles. The van der Waals surface area contributed by atoms with Crippen molar-refractivity contribution in [3.63, 3.8) is 0 Å². The van der Waals surface area contributed by atoms with Crippen molar-refractivity contribution in [2.24, 2.45) is 5.92 Å². The second-order valence-electron chi connectivity index (χ2n) is 3.71. The van der Waals surface area contributed by atoms with E-state index >= 15 is 0 Å². The first-order valence-corrected chi connectivity index (χ1v) is 4.98. The van der Waals surface area contributed by atoms with Crippen molar-refractivity contribution >= 4 is 11.6 Å². The van der Waals surface area contributed by atoms with Crippen LogP contribution >= 0.6 is 0 Å². The first kappa shape index (κ1) is 17.5. The molecule has 0 aromatic heterocycles. The number of carbonyl (C=O) groups excluding carboxylic acids is 2. The molecule has 1 atom stereocenters. The molecule has 0 saturated carbocycles. The summed E-state index contributed by atoms with van der Waals surface area (Å²) >= 11 is 0. The van der Waals surface area contributed by atoms with Gasteiger partial charge in [-0.3, -0.25) is 9.59 Å². The molecule has 0 spiro atoms. The third kappa shape index (κ3) is 5.04. The molecule has 0 aliphatic heterocycles. The summed E-state index contributed by atoms with van der Waals surface area (Å²) in [7, 11) is 0. The third-order valence-electron chi connectivity index (χ3n) is 2.37. The van der Waals surface area contributed by atoms with Crippen LogP contribution in [0.3, 0.4) is 0 Å². The number of benzene rings is 1. The van der Waals surface area contributed by atoms with Crippen LogP contribution in [0.5, 0.6) is 0 Å². The maximum absolute atomic E-state index is 12.3. The average molecular weight is 383 g/mol. The van der Waals surface area contributed by atoms with E-state index in [2.05, 4.69) is 0 Å². The molecule has 18 heavy (non-hydrogen) atoms. The molecule has 1 unspecified atom stereocenters. The van der Waals surface area contributed by atoms with Gasteiger partial charge in [-0.25, -0.2) is 0 Å². The minimum Gasteiger partial charge on any atom is -0.299 e. The molecule has 2 nitrogen and oxygen atoms in total. The Labute approximate surface area is 131 Å². The van der Waals surface area contributed by atoms with Crippen molar-refractivity contribution in [1.82, 2.24) is 0 Å². The minimum atomic E-state index is -4.97. The number of alkyl halides is 3. The van der Waals surface area contributed by atoms with E-state index in [1.807, 2.05) is 0 Å². The maximum Gasteiger partial charge on any atom is 0.450 e. The van der Waals surface area contributed by atoms with Gasteiger partial charge < -0.3 is 0 Å². The van der Waals surface area contributed by atoms with Crippen molar-refractivity contribution in [2.75, 3.05) is 0 Å². The molecule has 0 N–H and O–H groups in total. The van der Waals surface area contributed by atoms with Crippen LogP contribution < -0.4 is 0 Å². The largest absolute Gasteiger partial charge is 0.450 e. The van der Waals surface area contributed by atoms with E-state index in [1.165, 1.54) is 0 Å². The summed E-state index contributed by atoms with van der Waals surface area (Å²) in [6.07, 6.45) is -5.18. The summed E-state index contributed by atoms with van der Waals surface area (Å²) in [5.74, 6) is -4.39. The van der Waals surface area contributed by atoms with Gasteiger partial charge in [-0.15, -0.1) is 0 Å². The number of Topliss-reactive ketones (excluding diaryl/α,β-unsaturated/α-hetero) is 2. The van der Waals surface area contributed by atoms with E-state index < -0.39 is 23.7 Å². The second-order valence-corrected chi connectivity index (χ2v) is 3.71. The Hall–Kier alpha value is -0.455. The van der Waals surface area contributed by atoms with E-state index in [0.717, 1.165) is 6.92 Å². The summed E-state index contributed by atoms with van der Waals surface area (Å²) in [6, 6.07) is 8.16. The minimum absolute atomic E-state index is 0. The molecule has 0 aliphatic rings. The van der Waals surface area contributed by atoms with Crippen LogP contribution in [0, 0.1) is 41.5 Å². The van der Waals surface area contributed by atoms with Gasteiger partial charge in [-0.1, -0.05) is 30.3 Å². The van der Waals surface area contributed by atoms with Crippen LogP contribution in [0.15, 0.2) is 30.3 Å². The third-order valence-corrected chi connectivity index (χ3v) is 2.37. The molecule has 1 radical (unpaired) electrons. The zero-order chi connectivity index (χ0) is 13.1. The van der Waals surface area contributed by atoms with Gasteiger partial charge in [0.15, 0.2) is 0 Å². The predicted octanol–water partition coefficient (Wildman–Crippen LogP) is 2.57. The molecular formula is C12H11F3LaO2. The molecular weight excluding hydrogens is 372 g/mol. The molecule has 1 aromatic rings. The average Bonchev–Trinajstić information content (AvgIpc) is 2.24. The van der Waals surface area contributed by atoms with Gasteiger partial charge in [0.05, 0.1) is 5.92 Å². The van der Waals surface area contributed by atoms with Crippen LogP contribution in [0.4, 0.5) is 13.2 Å². The number of hydrogen-bond donors (Lipinski definition) is 0. The molecule has 0 amide bonds. The number of ketones is 2. The van der Waals surface area contributed by atoms with Gasteiger partial charge in [0.1, 0.15) is 5.78 Å². The van der Waals surface area contributed by atoms with E-state index in [1.54, 1.807) is 30.3 Å². The second kappa shape index (κ2) is 7.21. The van der Waals surface area contributed by atoms with Crippen molar-refractivity contribution in [3.8, 4) is 0 Å². The summed E-state index contributed by atoms with van der Waals surface area (Å²) in [6.45, 7) is 0.997. The van der Waals surface area contributed by atoms with Crippen LogP contribution in [0.25, 0.3) is 0 Å². The van der Waals surface area contributed by atoms with Gasteiger partial charge >= 0.3 is 6.18 Å². The van der Waals surface area contributed by atoms with Gasteiger partial charge in [-0.2, -0.15) is 13.2 Å². The zero-order valence-electron chi connectivity index (χ0n) is 9.70. The summed E-state index contributed by atoms with van der Waals surface area (Å²) < 4.78 is 36.8. The van der Waals surface area contributed by atoms with Crippen LogP contribution in [0.2, 0.25) is 0 Å². The molecule has 0 fully saturated rings. The first-order chi connectivity index (χ1) is 7.82. The predicted molar refractivity (Wildman–Crippen MR) is 55.4 cm³/mol. The number of carbonyl (C=O) groups is 2. The van der Waals surface area contributed by atoms with Crippen molar-refractivity contribution in [1.29, 1.82) is 0 Å². The fourth-order valence-electron chi connectivity index (χ4n) is 1.47. The quantitative estimate of drug-likeness (QED) is 0.750. The van der Waals surface area contributed by atoms with Gasteiger partial charge in [-0.05, 0) is 18.9 Å². The Morgan fingerprint density at radius 1 is 1.17 bits per heavy atom. The Bertz CT molecular complexity index is 415. The number of halogens is 3. The molecule has 1 aromatic carbocycles. The Morgan fingerprint density at radius 3 is 2.06 bits per heavy atom. The van der Waals surface area contributed by atoms with Gasteiger partial charge in [0.25, 0.3) is 0 Å². The molecule has 0 bridgehead atoms. The molecule has 1 rings (SSSR count). The van der Waals surface area contributed by atoms with Crippen LogP contribution in [0.1, 0.15) is 12.5 Å². The monoisotopic (exact) mass is 383 g/mol. The number of rotatable bonds is 4. The zero-order valence-corrected chi connectivity index (χ0v) is 13.3. The standard InChI is InChI=1S/C12H11F3O2.La/c1-8(16)10(11(17)12(13,14)15)7-9-5-3-2-4-6-9;/h2-6,10H,7H2,1H3;. The van der Waals surface area contributed by atoms with E-state index in [9.17, 15) is 22.8 Å². The Kier molecular flexibility index (Phi) is 7.03. The molecule has 0 heterocycles. The van der Waals surface area contributed by atoms with Crippen molar-refractivity contribution < 1.29 is 58.4 Å². The van der Waals surface area contributed by atoms with Crippen molar-refractivity contribution in [3.05, 3.63) is 35.9 Å². The van der Waals surface area contributed by atoms with Gasteiger partial charge in [0, 0.05) is 35.6 Å². The van der Waals surface area contributed by atoms with E-state index in [0.29, 0.717) is 5.56 Å². The summed E-state index contributed by atoms with van der Waals surface area (Å²) in [4.78, 5) is 22.2. The molecule has 6 heteroatoms. The van der Waals surface area contributed by atoms with E-state index in [4.69, 9.17) is 0 Å². The fourth-order valence-corrected chi connectivity index (χ4v) is 1.47. The Morgan fingerprint density at radius 2 is 1.67 bits per heavy atom. The van der Waals surface area contributed by atoms with E-state index in [-0.39, 0.29) is 42.0 Å². The fraction of sp³-hybridized carbons (Fsp3) is 0.333. The SMILES string of the molecule is CC(=O)C(Cc1ccccc1)C(=O)C(F)(F)F.[La].